The quantitative estimate of drug-likeness (QED) is 0.380. The van der Waals surface area contributed by atoms with Crippen LogP contribution in [-0.4, -0.2) is 46.9 Å². The molecule has 0 aliphatic heterocycles. The lowest BCUT2D eigenvalue weighted by molar-refractivity contribution is -0.368. The van der Waals surface area contributed by atoms with Crippen LogP contribution in [0.3, 0.4) is 0 Å². The molecule has 2 saturated carbocycles. The van der Waals surface area contributed by atoms with E-state index in [4.69, 9.17) is 0 Å². The lowest BCUT2D eigenvalue weighted by Gasteiger charge is -2.45. The zero-order valence-corrected chi connectivity index (χ0v) is 14.8. The lowest BCUT2D eigenvalue weighted by Crippen LogP contribution is -2.67. The molecule has 2 aliphatic carbocycles. The van der Waals surface area contributed by atoms with Crippen molar-refractivity contribution >= 4 is 0 Å². The molecule has 0 aromatic rings. The minimum Gasteiger partial charge on any atom is -0.237 e. The van der Waals surface area contributed by atoms with Gasteiger partial charge in [-0.05, 0) is 19.3 Å². The lowest BCUT2D eigenvalue weighted by atomic mass is 9.76. The van der Waals surface area contributed by atoms with Crippen molar-refractivity contribution in [1.82, 2.24) is 0 Å². The summed E-state index contributed by atoms with van der Waals surface area (Å²) in [6.45, 7) is 0.801. The van der Waals surface area contributed by atoms with E-state index in [9.17, 15) is 61.5 Å². The Morgan fingerprint density at radius 3 is 1.24 bits per heavy atom. The van der Waals surface area contributed by atoms with Crippen molar-refractivity contribution in [2.45, 2.75) is 92.8 Å². The summed E-state index contributed by atoms with van der Waals surface area (Å²) in [5, 5.41) is 0. The normalized spacial score (nSPS) is 36.8. The van der Waals surface area contributed by atoms with Gasteiger partial charge in [-0.25, -0.2) is 17.6 Å². The Labute approximate surface area is 155 Å². The first kappa shape index (κ1) is 26.1. The predicted molar refractivity (Wildman–Crippen MR) is 71.8 cm³/mol. The van der Waals surface area contributed by atoms with Crippen molar-refractivity contribution in [3.63, 3.8) is 0 Å². The van der Waals surface area contributed by atoms with E-state index in [1.165, 1.54) is 0 Å². The average Bonchev–Trinajstić information content (AvgIpc) is 2.71. The van der Waals surface area contributed by atoms with Gasteiger partial charge in [0.25, 0.3) is 5.92 Å². The van der Waals surface area contributed by atoms with Crippen LogP contribution in [0.1, 0.15) is 46.0 Å². The first-order valence-electron chi connectivity index (χ1n) is 8.12. The molecule has 29 heavy (non-hydrogen) atoms. The van der Waals surface area contributed by atoms with Gasteiger partial charge in [-0.15, -0.1) is 0 Å². The molecule has 174 valence electrons. The Kier molecular flexibility index (Phi) is 6.07. The third kappa shape index (κ3) is 3.45. The fraction of sp³-hybridized carbons (Fsp3) is 1.00. The van der Waals surface area contributed by atoms with Crippen molar-refractivity contribution < 1.29 is 61.5 Å². The first-order valence-corrected chi connectivity index (χ1v) is 8.12. The number of hydrogen-bond acceptors (Lipinski definition) is 0. The van der Waals surface area contributed by atoms with Gasteiger partial charge < -0.3 is 0 Å². The molecule has 0 aromatic carbocycles. The van der Waals surface area contributed by atoms with Gasteiger partial charge in [-0.1, -0.05) is 6.92 Å². The summed E-state index contributed by atoms with van der Waals surface area (Å²) in [6.07, 6.45) is -6.87. The summed E-state index contributed by atoms with van der Waals surface area (Å²) in [5.41, 5.74) is -8.01. The minimum absolute atomic E-state index is 0.123. The summed E-state index contributed by atoms with van der Waals surface area (Å²) in [4.78, 5) is 0. The van der Waals surface area contributed by atoms with Crippen molar-refractivity contribution in [2.75, 3.05) is 0 Å². The molecule has 0 saturated heterocycles. The summed E-state index contributed by atoms with van der Waals surface area (Å²) in [6, 6.07) is 0. The van der Waals surface area contributed by atoms with Gasteiger partial charge in [-0.2, -0.15) is 43.9 Å². The zero-order chi connectivity index (χ0) is 23.5. The van der Waals surface area contributed by atoms with E-state index in [-0.39, 0.29) is 6.92 Å². The maximum absolute atomic E-state index is 13.4. The number of rotatable bonds is 2. The van der Waals surface area contributed by atoms with Crippen LogP contribution in [0.2, 0.25) is 0 Å². The fourth-order valence-corrected chi connectivity index (χ4v) is 3.01. The number of halogens is 14. The molecule has 14 heteroatoms. The highest BCUT2D eigenvalue weighted by atomic mass is 19.4. The summed E-state index contributed by atoms with van der Waals surface area (Å²) in [5.74, 6) is -30.4. The van der Waals surface area contributed by atoms with E-state index in [1.807, 2.05) is 0 Å². The molecule has 2 atom stereocenters. The van der Waals surface area contributed by atoms with Gasteiger partial charge in [0.1, 0.15) is 0 Å². The van der Waals surface area contributed by atoms with Gasteiger partial charge in [0.15, 0.2) is 5.67 Å². The van der Waals surface area contributed by atoms with Crippen molar-refractivity contribution in [2.24, 2.45) is 0 Å². The molecule has 2 fully saturated rings. The van der Waals surface area contributed by atoms with E-state index in [0.717, 1.165) is 6.92 Å². The van der Waals surface area contributed by atoms with Crippen LogP contribution in [0.5, 0.6) is 0 Å². The molecule has 0 N–H and O–H groups in total. The van der Waals surface area contributed by atoms with Gasteiger partial charge in [-0.3, -0.25) is 0 Å². The molecule has 2 rings (SSSR count). The first-order chi connectivity index (χ1) is 12.5. The second-order valence-electron chi connectivity index (χ2n) is 7.14. The highest BCUT2D eigenvalue weighted by Crippen LogP contribution is 2.61. The van der Waals surface area contributed by atoms with Gasteiger partial charge in [0, 0.05) is 19.8 Å². The fourth-order valence-electron chi connectivity index (χ4n) is 3.01. The monoisotopic (exact) mass is 462 g/mol. The minimum atomic E-state index is -5.64. The molecule has 0 heterocycles. The van der Waals surface area contributed by atoms with E-state index in [0.29, 0.717) is 0 Å². The van der Waals surface area contributed by atoms with Crippen LogP contribution in [0.15, 0.2) is 0 Å². The second kappa shape index (κ2) is 6.76. The maximum atomic E-state index is 13.4. The van der Waals surface area contributed by atoms with Gasteiger partial charge in [0.05, 0.1) is 0 Å². The topological polar surface area (TPSA) is 0 Å². The summed E-state index contributed by atoms with van der Waals surface area (Å²) in [7, 11) is 0. The Morgan fingerprint density at radius 2 is 0.966 bits per heavy atom. The van der Waals surface area contributed by atoms with Gasteiger partial charge in [0.2, 0.25) is 5.67 Å². The van der Waals surface area contributed by atoms with Crippen LogP contribution in [0, 0.1) is 0 Å². The average molecular weight is 462 g/mol. The molecular formula is C15H16F14. The highest BCUT2D eigenvalue weighted by Gasteiger charge is 2.82. The molecule has 0 spiro atoms. The van der Waals surface area contributed by atoms with Crippen molar-refractivity contribution in [3.8, 4) is 0 Å². The molecule has 0 aromatic heterocycles. The van der Waals surface area contributed by atoms with Crippen molar-refractivity contribution in [3.05, 3.63) is 0 Å². The standard InChI is InChI=1S/C8H9F7.C7H7F7/c1-2-5(9)3-4-6(10,11)8(14,15)7(5,12)13;1-4(8,9)5(10)2-3-6(11,12)7(5,13)14/h2-4H2,1H3;2-3H2,1H3. The Bertz CT molecular complexity index is 607. The second-order valence-corrected chi connectivity index (χ2v) is 7.14. The van der Waals surface area contributed by atoms with E-state index in [1.54, 1.807) is 0 Å². The summed E-state index contributed by atoms with van der Waals surface area (Å²) >= 11 is 0. The molecule has 0 bridgehead atoms. The highest BCUT2D eigenvalue weighted by molar-refractivity contribution is 5.14. The number of alkyl halides is 14. The Balaban J connectivity index is 0.000000291. The van der Waals surface area contributed by atoms with E-state index in [2.05, 4.69) is 0 Å². The van der Waals surface area contributed by atoms with Crippen LogP contribution in [0.4, 0.5) is 61.5 Å². The van der Waals surface area contributed by atoms with Crippen LogP contribution in [0.25, 0.3) is 0 Å². The Hall–Kier alpha value is -0.980. The molecular weight excluding hydrogens is 446 g/mol. The smallest absolute Gasteiger partial charge is 0.237 e. The van der Waals surface area contributed by atoms with Crippen LogP contribution in [-0.2, 0) is 0 Å². The van der Waals surface area contributed by atoms with E-state index >= 15 is 0 Å². The SMILES string of the molecule is CC(F)(F)C1(F)CCC(F)(F)C1(F)F.CCC1(F)CCC(F)(F)C(F)(F)C1(F)F. The molecule has 2 aliphatic rings. The molecule has 0 amide bonds. The third-order valence-electron chi connectivity index (χ3n) is 5.25. The molecule has 2 unspecified atom stereocenters. The zero-order valence-electron chi connectivity index (χ0n) is 14.8. The van der Waals surface area contributed by atoms with Gasteiger partial charge >= 0.3 is 29.6 Å². The van der Waals surface area contributed by atoms with Crippen molar-refractivity contribution in [1.29, 1.82) is 0 Å². The predicted octanol–water partition coefficient (Wildman–Crippen LogP) is 7.22. The summed E-state index contributed by atoms with van der Waals surface area (Å²) < 4.78 is 178. The van der Waals surface area contributed by atoms with Crippen LogP contribution >= 0.6 is 0 Å². The Morgan fingerprint density at radius 1 is 0.586 bits per heavy atom. The largest absolute Gasteiger partial charge is 0.375 e. The third-order valence-corrected chi connectivity index (χ3v) is 5.25. The molecule has 0 radical (unpaired) electrons. The van der Waals surface area contributed by atoms with E-state index < -0.39 is 79.0 Å². The maximum Gasteiger partial charge on any atom is 0.375 e. The molecule has 0 nitrogen and oxygen atoms in total. The van der Waals surface area contributed by atoms with Crippen LogP contribution < -0.4 is 0 Å². The number of hydrogen-bond donors (Lipinski definition) is 0.